The Hall–Kier alpha value is -1.50. The zero-order chi connectivity index (χ0) is 19.1. The fourth-order valence-corrected chi connectivity index (χ4v) is 3.91. The topological polar surface area (TPSA) is 57.3 Å². The third-order valence-corrected chi connectivity index (χ3v) is 5.88. The minimum Gasteiger partial charge on any atom is -0.383 e. The van der Waals surface area contributed by atoms with E-state index in [1.54, 1.807) is 7.11 Å². The number of piperazine rings is 1. The van der Waals surface area contributed by atoms with Crippen LogP contribution in [0.1, 0.15) is 12.8 Å². The number of rotatable bonds is 6. The Balaban J connectivity index is 1.40. The molecule has 0 spiro atoms. The van der Waals surface area contributed by atoms with Gasteiger partial charge in [0.25, 0.3) is 0 Å². The van der Waals surface area contributed by atoms with Gasteiger partial charge in [0.05, 0.1) is 6.61 Å². The lowest BCUT2D eigenvalue weighted by molar-refractivity contribution is 0.121. The molecule has 2 fully saturated rings. The molecular weight excluding hydrogens is 362 g/mol. The molecule has 0 saturated carbocycles. The molecule has 1 aromatic rings. The van der Waals surface area contributed by atoms with E-state index in [1.807, 2.05) is 12.1 Å². The van der Waals surface area contributed by atoms with Crippen molar-refractivity contribution in [2.45, 2.75) is 12.8 Å². The third-order valence-electron chi connectivity index (χ3n) is 5.63. The maximum Gasteiger partial charge on any atom is 0.191 e. The van der Waals surface area contributed by atoms with Gasteiger partial charge in [0.15, 0.2) is 5.96 Å². The zero-order valence-corrected chi connectivity index (χ0v) is 17.1. The van der Waals surface area contributed by atoms with Crippen LogP contribution >= 0.6 is 11.6 Å². The number of aliphatic imine (C=N–C) groups is 1. The van der Waals surface area contributed by atoms with E-state index >= 15 is 0 Å². The van der Waals surface area contributed by atoms with Crippen molar-refractivity contribution in [2.75, 3.05) is 71.0 Å². The Morgan fingerprint density at radius 1 is 1.11 bits per heavy atom. The highest BCUT2D eigenvalue weighted by Crippen LogP contribution is 2.20. The molecule has 2 heterocycles. The first-order valence-electron chi connectivity index (χ1n) is 9.92. The number of halogens is 1. The molecule has 1 aromatic carbocycles. The molecule has 0 aliphatic carbocycles. The van der Waals surface area contributed by atoms with Crippen molar-refractivity contribution in [3.8, 4) is 0 Å². The van der Waals surface area contributed by atoms with Gasteiger partial charge in [-0.25, -0.2) is 0 Å². The maximum absolute atomic E-state index is 6.28. The second kappa shape index (κ2) is 10.2. The molecule has 0 unspecified atom stereocenters. The van der Waals surface area contributed by atoms with Gasteiger partial charge in [0.2, 0.25) is 0 Å². The number of anilines is 1. The van der Waals surface area contributed by atoms with E-state index in [-0.39, 0.29) is 0 Å². The first-order chi connectivity index (χ1) is 13.2. The number of nitrogens with two attached hydrogens (primary N) is 1. The van der Waals surface area contributed by atoms with Crippen LogP contribution in [0.4, 0.5) is 5.69 Å². The van der Waals surface area contributed by atoms with Gasteiger partial charge in [-0.1, -0.05) is 11.6 Å². The van der Waals surface area contributed by atoms with Crippen molar-refractivity contribution in [1.29, 1.82) is 0 Å². The van der Waals surface area contributed by atoms with Crippen molar-refractivity contribution in [2.24, 2.45) is 16.6 Å². The fraction of sp³-hybridized carbons (Fsp3) is 0.650. The molecule has 150 valence electrons. The number of benzene rings is 1. The van der Waals surface area contributed by atoms with E-state index in [9.17, 15) is 0 Å². The summed E-state index contributed by atoms with van der Waals surface area (Å²) in [5.41, 5.74) is 7.49. The lowest BCUT2D eigenvalue weighted by Gasteiger charge is -2.37. The standard InChI is InChI=1S/C20H32ClN5O/c1-27-15-14-24-8-6-17(7-9-24)16-23-20(22)26-12-10-25(11-13-26)19-4-2-18(21)3-5-19/h2-5,17H,6-16H2,1H3,(H2,22,23). The van der Waals surface area contributed by atoms with Gasteiger partial charge in [-0.05, 0) is 56.1 Å². The Morgan fingerprint density at radius 2 is 1.78 bits per heavy atom. The quantitative estimate of drug-likeness (QED) is 0.592. The molecular formula is C20H32ClN5O. The summed E-state index contributed by atoms with van der Waals surface area (Å²) in [4.78, 5) is 11.8. The molecule has 6 nitrogen and oxygen atoms in total. The Bertz CT molecular complexity index is 593. The summed E-state index contributed by atoms with van der Waals surface area (Å²) in [6.45, 7) is 8.71. The van der Waals surface area contributed by atoms with Gasteiger partial charge < -0.3 is 25.2 Å². The van der Waals surface area contributed by atoms with Crippen LogP contribution in [0.3, 0.4) is 0 Å². The second-order valence-electron chi connectivity index (χ2n) is 7.43. The monoisotopic (exact) mass is 393 g/mol. The number of guanidine groups is 1. The highest BCUT2D eigenvalue weighted by Gasteiger charge is 2.21. The summed E-state index contributed by atoms with van der Waals surface area (Å²) in [6.07, 6.45) is 2.40. The average molecular weight is 394 g/mol. The highest BCUT2D eigenvalue weighted by atomic mass is 35.5. The summed E-state index contributed by atoms with van der Waals surface area (Å²) in [7, 11) is 1.76. The van der Waals surface area contributed by atoms with Gasteiger partial charge in [-0.15, -0.1) is 0 Å². The van der Waals surface area contributed by atoms with E-state index in [0.717, 1.165) is 64.0 Å². The number of piperidine rings is 1. The van der Waals surface area contributed by atoms with Gasteiger partial charge in [0, 0.05) is 57.1 Å². The summed E-state index contributed by atoms with van der Waals surface area (Å²) in [5, 5.41) is 0.776. The zero-order valence-electron chi connectivity index (χ0n) is 16.3. The number of ether oxygens (including phenoxy) is 1. The van der Waals surface area contributed by atoms with Crippen LogP contribution in [0.15, 0.2) is 29.3 Å². The molecule has 27 heavy (non-hydrogen) atoms. The minimum absolute atomic E-state index is 0.651. The molecule has 0 atom stereocenters. The molecule has 2 saturated heterocycles. The van der Waals surface area contributed by atoms with Gasteiger partial charge in [-0.2, -0.15) is 0 Å². The van der Waals surface area contributed by atoms with Gasteiger partial charge >= 0.3 is 0 Å². The molecule has 2 N–H and O–H groups in total. The molecule has 0 aromatic heterocycles. The van der Waals surface area contributed by atoms with E-state index in [2.05, 4.69) is 26.8 Å². The van der Waals surface area contributed by atoms with Crippen LogP contribution < -0.4 is 10.6 Å². The SMILES string of the molecule is COCCN1CCC(CN=C(N)N2CCN(c3ccc(Cl)cc3)CC2)CC1. The van der Waals surface area contributed by atoms with E-state index in [4.69, 9.17) is 27.1 Å². The van der Waals surface area contributed by atoms with Crippen LogP contribution in [0.2, 0.25) is 5.02 Å². The normalized spacial score (nSPS) is 20.3. The number of nitrogens with zero attached hydrogens (tertiary/aromatic N) is 4. The minimum atomic E-state index is 0.651. The largest absolute Gasteiger partial charge is 0.383 e. The smallest absolute Gasteiger partial charge is 0.191 e. The summed E-state index contributed by atoms with van der Waals surface area (Å²) < 4.78 is 5.16. The average Bonchev–Trinajstić information content (AvgIpc) is 2.72. The Morgan fingerprint density at radius 3 is 2.41 bits per heavy atom. The van der Waals surface area contributed by atoms with E-state index in [0.29, 0.717) is 11.9 Å². The molecule has 0 radical (unpaired) electrons. The summed E-state index contributed by atoms with van der Waals surface area (Å²) in [5.74, 6) is 1.35. The van der Waals surface area contributed by atoms with Crippen molar-refractivity contribution >= 4 is 23.2 Å². The number of methoxy groups -OCH3 is 1. The van der Waals surface area contributed by atoms with Crippen LogP contribution in [0, 0.1) is 5.92 Å². The first kappa shape index (κ1) is 20.2. The van der Waals surface area contributed by atoms with Crippen molar-refractivity contribution < 1.29 is 4.74 Å². The predicted octanol–water partition coefficient (Wildman–Crippen LogP) is 2.14. The van der Waals surface area contributed by atoms with Crippen LogP contribution in [-0.4, -0.2) is 81.8 Å². The molecule has 3 rings (SSSR count). The molecule has 0 amide bonds. The van der Waals surface area contributed by atoms with Crippen molar-refractivity contribution in [1.82, 2.24) is 9.80 Å². The van der Waals surface area contributed by atoms with Crippen molar-refractivity contribution in [3.05, 3.63) is 29.3 Å². The lowest BCUT2D eigenvalue weighted by Crippen LogP contribution is -2.51. The number of hydrogen-bond acceptors (Lipinski definition) is 4. The van der Waals surface area contributed by atoms with E-state index in [1.165, 1.54) is 18.5 Å². The summed E-state index contributed by atoms with van der Waals surface area (Å²) in [6, 6.07) is 8.04. The Kier molecular flexibility index (Phi) is 7.61. The van der Waals surface area contributed by atoms with Crippen LogP contribution in [0.5, 0.6) is 0 Å². The molecule has 7 heteroatoms. The number of likely N-dealkylation sites (tertiary alicyclic amines) is 1. The first-order valence-corrected chi connectivity index (χ1v) is 10.3. The second-order valence-corrected chi connectivity index (χ2v) is 7.86. The molecule has 2 aliphatic heterocycles. The fourth-order valence-electron chi connectivity index (χ4n) is 3.78. The van der Waals surface area contributed by atoms with E-state index < -0.39 is 0 Å². The lowest BCUT2D eigenvalue weighted by atomic mass is 9.97. The highest BCUT2D eigenvalue weighted by molar-refractivity contribution is 6.30. The predicted molar refractivity (Wildman–Crippen MR) is 113 cm³/mol. The van der Waals surface area contributed by atoms with Crippen LogP contribution in [-0.2, 0) is 4.74 Å². The van der Waals surface area contributed by atoms with Crippen molar-refractivity contribution in [3.63, 3.8) is 0 Å². The molecule has 2 aliphatic rings. The third kappa shape index (κ3) is 5.99. The number of hydrogen-bond donors (Lipinski definition) is 1. The van der Waals surface area contributed by atoms with Crippen LogP contribution in [0.25, 0.3) is 0 Å². The maximum atomic E-state index is 6.28. The Labute approximate surface area is 167 Å². The van der Waals surface area contributed by atoms with Gasteiger partial charge in [-0.3, -0.25) is 4.99 Å². The molecule has 0 bridgehead atoms. The summed E-state index contributed by atoms with van der Waals surface area (Å²) >= 11 is 5.98. The van der Waals surface area contributed by atoms with Gasteiger partial charge in [0.1, 0.15) is 0 Å².